The van der Waals surface area contributed by atoms with Crippen molar-refractivity contribution in [3.05, 3.63) is 94.5 Å². The molecule has 2 heteroatoms. The third kappa shape index (κ3) is 9.39. The van der Waals surface area contributed by atoms with Gasteiger partial charge >= 0.3 is 0 Å². The molecular formula is C29H41NS. The molecular weight excluding hydrogens is 394 g/mol. The summed E-state index contributed by atoms with van der Waals surface area (Å²) in [6.07, 6.45) is 28.1. The van der Waals surface area contributed by atoms with Gasteiger partial charge in [0.15, 0.2) is 0 Å². The predicted molar refractivity (Wildman–Crippen MR) is 142 cm³/mol. The van der Waals surface area contributed by atoms with Crippen molar-refractivity contribution in [2.45, 2.75) is 53.9 Å². The predicted octanol–water partition coefficient (Wildman–Crippen LogP) is 8.60. The van der Waals surface area contributed by atoms with E-state index >= 15 is 0 Å². The van der Waals surface area contributed by atoms with Crippen LogP contribution in [-0.2, 0) is 0 Å². The van der Waals surface area contributed by atoms with E-state index in [-0.39, 0.29) is 5.41 Å². The first-order chi connectivity index (χ1) is 14.6. The smallest absolute Gasteiger partial charge is 0.0391 e. The van der Waals surface area contributed by atoms with Gasteiger partial charge in [-0.05, 0) is 53.1 Å². The van der Waals surface area contributed by atoms with Crippen molar-refractivity contribution in [2.75, 3.05) is 13.6 Å². The van der Waals surface area contributed by atoms with Crippen LogP contribution in [0.4, 0.5) is 0 Å². The van der Waals surface area contributed by atoms with Gasteiger partial charge < -0.3 is 4.90 Å². The second kappa shape index (κ2) is 12.2. The van der Waals surface area contributed by atoms with E-state index in [2.05, 4.69) is 120 Å². The zero-order valence-electron chi connectivity index (χ0n) is 20.4. The first-order valence-electron chi connectivity index (χ1n) is 11.5. The summed E-state index contributed by atoms with van der Waals surface area (Å²) >= 11 is 1.89. The van der Waals surface area contributed by atoms with Crippen molar-refractivity contribution in [3.63, 3.8) is 0 Å². The average molecular weight is 436 g/mol. The lowest BCUT2D eigenvalue weighted by Gasteiger charge is -2.25. The van der Waals surface area contributed by atoms with E-state index in [1.165, 1.54) is 15.4 Å². The summed E-state index contributed by atoms with van der Waals surface area (Å²) in [6.45, 7) is 16.5. The highest BCUT2D eigenvalue weighted by atomic mass is 32.2. The van der Waals surface area contributed by atoms with Crippen LogP contribution in [0.2, 0.25) is 0 Å². The summed E-state index contributed by atoms with van der Waals surface area (Å²) in [5.74, 6) is 1.02. The Morgan fingerprint density at radius 1 is 1.19 bits per heavy atom. The number of hydrogen-bond acceptors (Lipinski definition) is 2. The highest BCUT2D eigenvalue weighted by Crippen LogP contribution is 2.32. The van der Waals surface area contributed by atoms with E-state index in [4.69, 9.17) is 0 Å². The topological polar surface area (TPSA) is 3.24 Å². The standard InChI is InChI=1S/C29H41NS/c1-23-12-8-10-14-27(20-16-23)31-28-15-11-9-13-26(19-21-28)22-30(7)25(3)18-17-24(2)29(4,5)6/h8-9,11-12,14,16-21,23-24H,3,10,13,15,22H2,1-2,4-7H3/b11-9-,12-8?,18-17-,20-16?,26-19+,27-14?,28-21+. The normalized spacial score (nSPS) is 25.2. The van der Waals surface area contributed by atoms with Crippen molar-refractivity contribution in [1.29, 1.82) is 0 Å². The number of allylic oxidation sites excluding steroid dienone is 12. The van der Waals surface area contributed by atoms with Crippen LogP contribution in [0.25, 0.3) is 0 Å². The van der Waals surface area contributed by atoms with Crippen molar-refractivity contribution < 1.29 is 0 Å². The Bertz CT molecular complexity index is 823. The Balaban J connectivity index is 2.02. The largest absolute Gasteiger partial charge is 0.371 e. The molecule has 0 amide bonds. The third-order valence-electron chi connectivity index (χ3n) is 5.95. The van der Waals surface area contributed by atoms with Crippen molar-refractivity contribution in [1.82, 2.24) is 4.90 Å². The molecule has 0 fully saturated rings. The van der Waals surface area contributed by atoms with Gasteiger partial charge in [-0.15, -0.1) is 0 Å². The minimum absolute atomic E-state index is 0.274. The first kappa shape index (κ1) is 25.3. The SMILES string of the molecule is C=C(/C=C\C(C)C(C)(C)C)N(C)C/C1=C/C=C(/SC2=CCC=CC(C)C=C2)C/C=C\C1. The van der Waals surface area contributed by atoms with Gasteiger partial charge in [-0.1, -0.05) is 114 Å². The quantitative estimate of drug-likeness (QED) is 0.291. The molecule has 0 N–H and O–H groups in total. The molecule has 0 aromatic heterocycles. The van der Waals surface area contributed by atoms with E-state index in [0.717, 1.165) is 31.5 Å². The highest BCUT2D eigenvalue weighted by Gasteiger charge is 2.17. The Hall–Kier alpha value is -1.93. The monoisotopic (exact) mass is 435 g/mol. The zero-order valence-corrected chi connectivity index (χ0v) is 21.2. The van der Waals surface area contributed by atoms with Crippen LogP contribution in [0.3, 0.4) is 0 Å². The van der Waals surface area contributed by atoms with E-state index in [1.807, 2.05) is 11.8 Å². The van der Waals surface area contributed by atoms with E-state index < -0.39 is 0 Å². The fourth-order valence-corrected chi connectivity index (χ4v) is 4.08. The molecule has 2 aliphatic rings. The van der Waals surface area contributed by atoms with Crippen molar-refractivity contribution >= 4 is 11.8 Å². The Morgan fingerprint density at radius 2 is 1.94 bits per heavy atom. The summed E-state index contributed by atoms with van der Waals surface area (Å²) in [5, 5.41) is 0. The fourth-order valence-electron chi connectivity index (χ4n) is 3.13. The lowest BCUT2D eigenvalue weighted by molar-refractivity contribution is 0.314. The van der Waals surface area contributed by atoms with Gasteiger partial charge in [0, 0.05) is 24.2 Å². The fraction of sp³-hybridized carbons (Fsp3) is 0.448. The molecule has 0 radical (unpaired) electrons. The second-order valence-corrected chi connectivity index (χ2v) is 11.0. The molecule has 2 rings (SSSR count). The number of rotatable bonds is 7. The van der Waals surface area contributed by atoms with Gasteiger partial charge in [0.05, 0.1) is 0 Å². The molecule has 1 nitrogen and oxygen atoms in total. The van der Waals surface area contributed by atoms with Gasteiger partial charge in [0.1, 0.15) is 0 Å². The number of nitrogens with zero attached hydrogens (tertiary/aromatic N) is 1. The molecule has 0 saturated carbocycles. The molecule has 168 valence electrons. The summed E-state index contributed by atoms with van der Waals surface area (Å²) < 4.78 is 0. The van der Waals surface area contributed by atoms with Gasteiger partial charge in [-0.3, -0.25) is 0 Å². The van der Waals surface area contributed by atoms with E-state index in [9.17, 15) is 0 Å². The summed E-state index contributed by atoms with van der Waals surface area (Å²) in [7, 11) is 2.13. The van der Waals surface area contributed by atoms with Gasteiger partial charge in [-0.25, -0.2) is 0 Å². The maximum absolute atomic E-state index is 4.28. The van der Waals surface area contributed by atoms with Crippen molar-refractivity contribution in [2.24, 2.45) is 17.3 Å². The van der Waals surface area contributed by atoms with Crippen molar-refractivity contribution in [3.8, 4) is 0 Å². The molecule has 0 aliphatic heterocycles. The van der Waals surface area contributed by atoms with E-state index in [0.29, 0.717) is 11.8 Å². The molecule has 31 heavy (non-hydrogen) atoms. The molecule has 0 heterocycles. The molecule has 0 aromatic carbocycles. The van der Waals surface area contributed by atoms with Gasteiger partial charge in [0.25, 0.3) is 0 Å². The van der Waals surface area contributed by atoms with Crippen LogP contribution in [0.5, 0.6) is 0 Å². The molecule has 0 bridgehead atoms. The lowest BCUT2D eigenvalue weighted by atomic mass is 9.82. The highest BCUT2D eigenvalue weighted by molar-refractivity contribution is 8.06. The minimum atomic E-state index is 0.274. The zero-order chi connectivity index (χ0) is 22.9. The molecule has 2 unspecified atom stereocenters. The van der Waals surface area contributed by atoms with Crippen LogP contribution in [0, 0.1) is 17.3 Å². The molecule has 0 aromatic rings. The summed E-state index contributed by atoms with van der Waals surface area (Å²) in [4.78, 5) is 4.98. The first-order valence-corrected chi connectivity index (χ1v) is 12.3. The second-order valence-electron chi connectivity index (χ2n) is 9.79. The maximum Gasteiger partial charge on any atom is 0.0391 e. The lowest BCUT2D eigenvalue weighted by Crippen LogP contribution is -2.20. The summed E-state index contributed by atoms with van der Waals surface area (Å²) in [6, 6.07) is 0. The maximum atomic E-state index is 4.28. The van der Waals surface area contributed by atoms with Gasteiger partial charge in [0.2, 0.25) is 0 Å². The van der Waals surface area contributed by atoms with Crippen LogP contribution in [0.15, 0.2) is 94.5 Å². The van der Waals surface area contributed by atoms with Gasteiger partial charge in [-0.2, -0.15) is 0 Å². The average Bonchev–Trinajstić information content (AvgIpc) is 2.68. The van der Waals surface area contributed by atoms with Crippen LogP contribution in [-0.4, -0.2) is 18.5 Å². The van der Waals surface area contributed by atoms with E-state index in [1.54, 1.807) is 0 Å². The molecule has 2 atom stereocenters. The Labute approximate surface area is 195 Å². The molecule has 2 aliphatic carbocycles. The molecule has 0 spiro atoms. The number of hydrogen-bond donors (Lipinski definition) is 0. The van der Waals surface area contributed by atoms with Crippen LogP contribution in [0.1, 0.15) is 53.9 Å². The third-order valence-corrected chi connectivity index (χ3v) is 7.06. The number of likely N-dealkylation sites (N-methyl/N-ethyl adjacent to an activating group) is 1. The number of thioether (sulfide) groups is 1. The van der Waals surface area contributed by atoms with Crippen LogP contribution >= 0.6 is 11.8 Å². The Kier molecular flexibility index (Phi) is 9.96. The summed E-state index contributed by atoms with van der Waals surface area (Å²) in [5.41, 5.74) is 2.75. The molecule has 0 saturated heterocycles. The Morgan fingerprint density at radius 3 is 2.68 bits per heavy atom. The van der Waals surface area contributed by atoms with Crippen LogP contribution < -0.4 is 0 Å². The minimum Gasteiger partial charge on any atom is -0.371 e.